The molecule has 108 valence electrons. The van der Waals surface area contributed by atoms with Crippen LogP contribution in [-0.4, -0.2) is 23.7 Å². The van der Waals surface area contributed by atoms with Crippen molar-refractivity contribution in [2.24, 2.45) is 22.2 Å². The number of aliphatic carboxylic acids is 1. The molecule has 0 saturated heterocycles. The Labute approximate surface area is 114 Å². The molecule has 1 rings (SSSR count). The monoisotopic (exact) mass is 268 g/mol. The summed E-state index contributed by atoms with van der Waals surface area (Å²) in [6.07, 6.45) is 3.05. The fraction of sp³-hybridized carbons (Fsp3) is 0.733. The van der Waals surface area contributed by atoms with Gasteiger partial charge in [-0.05, 0) is 17.8 Å². The summed E-state index contributed by atoms with van der Waals surface area (Å²) >= 11 is 0. The first-order valence-electron chi connectivity index (χ1n) is 6.61. The van der Waals surface area contributed by atoms with E-state index in [9.17, 15) is 14.7 Å². The van der Waals surface area contributed by atoms with Gasteiger partial charge in [-0.3, -0.25) is 4.79 Å². The molecule has 0 amide bonds. The second-order valence-electron chi connectivity index (χ2n) is 6.67. The summed E-state index contributed by atoms with van der Waals surface area (Å²) in [4.78, 5) is 23.1. The van der Waals surface area contributed by atoms with Crippen LogP contribution in [0.4, 0.5) is 0 Å². The van der Waals surface area contributed by atoms with Gasteiger partial charge in [-0.15, -0.1) is 0 Å². The van der Waals surface area contributed by atoms with Crippen molar-refractivity contribution in [2.75, 3.05) is 6.61 Å². The Hall–Kier alpha value is -1.32. The molecular formula is C15H24O4. The molecule has 0 aromatic carbocycles. The van der Waals surface area contributed by atoms with Gasteiger partial charge >= 0.3 is 11.9 Å². The third-order valence-electron chi connectivity index (χ3n) is 4.41. The van der Waals surface area contributed by atoms with Gasteiger partial charge < -0.3 is 9.84 Å². The van der Waals surface area contributed by atoms with Crippen molar-refractivity contribution in [3.8, 4) is 0 Å². The molecule has 4 heteroatoms. The van der Waals surface area contributed by atoms with E-state index >= 15 is 0 Å². The van der Waals surface area contributed by atoms with E-state index in [0.29, 0.717) is 6.61 Å². The van der Waals surface area contributed by atoms with E-state index in [2.05, 4.69) is 0 Å². The Balaban J connectivity index is 3.04. The quantitative estimate of drug-likeness (QED) is 0.629. The SMILES string of the molecule is CCOC(=O)C=C[C@H]1C(C)(C)[C@]1(C(=O)O)C(C)(C)C. The molecule has 0 spiro atoms. The highest BCUT2D eigenvalue weighted by Gasteiger charge is 2.79. The first-order valence-corrected chi connectivity index (χ1v) is 6.61. The van der Waals surface area contributed by atoms with Gasteiger partial charge in [0.05, 0.1) is 12.0 Å². The highest BCUT2D eigenvalue weighted by Crippen LogP contribution is 2.76. The van der Waals surface area contributed by atoms with Gasteiger partial charge in [0.15, 0.2) is 0 Å². The number of hydrogen-bond donors (Lipinski definition) is 1. The molecule has 4 nitrogen and oxygen atoms in total. The van der Waals surface area contributed by atoms with Crippen LogP contribution in [0, 0.1) is 22.2 Å². The number of carbonyl (C=O) groups excluding carboxylic acids is 1. The molecule has 1 fully saturated rings. The summed E-state index contributed by atoms with van der Waals surface area (Å²) in [6, 6.07) is 0. The number of esters is 1. The van der Waals surface area contributed by atoms with Crippen LogP contribution in [-0.2, 0) is 14.3 Å². The van der Waals surface area contributed by atoms with Gasteiger partial charge in [-0.2, -0.15) is 0 Å². The van der Waals surface area contributed by atoms with Crippen molar-refractivity contribution in [2.45, 2.75) is 41.5 Å². The summed E-state index contributed by atoms with van der Waals surface area (Å²) in [5.74, 6) is -1.39. The highest BCUT2D eigenvalue weighted by molar-refractivity contribution is 5.85. The summed E-state index contributed by atoms with van der Waals surface area (Å²) in [6.45, 7) is 11.7. The van der Waals surface area contributed by atoms with Crippen molar-refractivity contribution in [3.63, 3.8) is 0 Å². The smallest absolute Gasteiger partial charge is 0.330 e. The van der Waals surface area contributed by atoms with Crippen LogP contribution in [0.3, 0.4) is 0 Å². The lowest BCUT2D eigenvalue weighted by atomic mass is 9.72. The number of carboxylic acid groups (broad SMARTS) is 1. The zero-order valence-electron chi connectivity index (χ0n) is 12.6. The molecule has 0 aromatic rings. The zero-order chi connectivity index (χ0) is 15.1. The Bertz CT molecular complexity index is 414. The molecule has 1 aliphatic rings. The van der Waals surface area contributed by atoms with Gasteiger partial charge in [-0.1, -0.05) is 40.7 Å². The molecule has 0 radical (unpaired) electrons. The number of rotatable bonds is 4. The lowest BCUT2D eigenvalue weighted by molar-refractivity contribution is -0.150. The van der Waals surface area contributed by atoms with Crippen LogP contribution >= 0.6 is 0 Å². The second kappa shape index (κ2) is 4.66. The van der Waals surface area contributed by atoms with E-state index in [1.54, 1.807) is 13.0 Å². The minimum Gasteiger partial charge on any atom is -0.481 e. The van der Waals surface area contributed by atoms with Crippen molar-refractivity contribution >= 4 is 11.9 Å². The van der Waals surface area contributed by atoms with Gasteiger partial charge in [0.25, 0.3) is 0 Å². The third kappa shape index (κ3) is 2.17. The molecule has 0 unspecified atom stereocenters. The topological polar surface area (TPSA) is 63.6 Å². The minimum atomic E-state index is -0.844. The van der Waals surface area contributed by atoms with E-state index in [-0.39, 0.29) is 16.7 Å². The molecule has 1 aliphatic carbocycles. The molecule has 2 atom stereocenters. The van der Waals surface area contributed by atoms with E-state index in [1.807, 2.05) is 34.6 Å². The minimum absolute atomic E-state index is 0.165. The fourth-order valence-electron chi connectivity index (χ4n) is 3.72. The zero-order valence-corrected chi connectivity index (χ0v) is 12.6. The average molecular weight is 268 g/mol. The van der Waals surface area contributed by atoms with E-state index < -0.39 is 17.4 Å². The first kappa shape index (κ1) is 15.7. The number of ether oxygens (including phenoxy) is 1. The average Bonchev–Trinajstić information content (AvgIpc) is 2.72. The van der Waals surface area contributed by atoms with Crippen LogP contribution in [0.5, 0.6) is 0 Å². The van der Waals surface area contributed by atoms with E-state index in [0.717, 1.165) is 0 Å². The van der Waals surface area contributed by atoms with Crippen LogP contribution in [0.2, 0.25) is 0 Å². The fourth-order valence-corrected chi connectivity index (χ4v) is 3.72. The molecule has 0 aliphatic heterocycles. The van der Waals surface area contributed by atoms with Crippen molar-refractivity contribution in [1.29, 1.82) is 0 Å². The molecule has 0 bridgehead atoms. The van der Waals surface area contributed by atoms with E-state index in [4.69, 9.17) is 4.74 Å². The van der Waals surface area contributed by atoms with Gasteiger partial charge in [-0.25, -0.2) is 4.79 Å². The van der Waals surface area contributed by atoms with Crippen LogP contribution in [0.25, 0.3) is 0 Å². The summed E-state index contributed by atoms with van der Waals surface area (Å²) in [5.41, 5.74) is -1.60. The summed E-state index contributed by atoms with van der Waals surface area (Å²) in [5, 5.41) is 9.66. The maximum Gasteiger partial charge on any atom is 0.330 e. The van der Waals surface area contributed by atoms with Gasteiger partial charge in [0.2, 0.25) is 0 Å². The largest absolute Gasteiger partial charge is 0.481 e. The first-order chi connectivity index (χ1) is 8.53. The van der Waals surface area contributed by atoms with Crippen molar-refractivity contribution in [3.05, 3.63) is 12.2 Å². The number of carboxylic acids is 1. The maximum atomic E-state index is 11.8. The molecule has 0 aromatic heterocycles. The lowest BCUT2D eigenvalue weighted by Crippen LogP contribution is -2.35. The maximum absolute atomic E-state index is 11.8. The lowest BCUT2D eigenvalue weighted by Gasteiger charge is -2.30. The Kier molecular flexibility index (Phi) is 3.86. The Morgan fingerprint density at radius 3 is 2.16 bits per heavy atom. The molecule has 19 heavy (non-hydrogen) atoms. The van der Waals surface area contributed by atoms with Crippen molar-refractivity contribution < 1.29 is 19.4 Å². The summed E-state index contributed by atoms with van der Waals surface area (Å²) in [7, 11) is 0. The highest BCUT2D eigenvalue weighted by atomic mass is 16.5. The van der Waals surface area contributed by atoms with Crippen LogP contribution in [0.1, 0.15) is 41.5 Å². The van der Waals surface area contributed by atoms with Crippen molar-refractivity contribution in [1.82, 2.24) is 0 Å². The predicted molar refractivity (Wildman–Crippen MR) is 72.6 cm³/mol. The number of hydrogen-bond acceptors (Lipinski definition) is 3. The molecule has 1 saturated carbocycles. The predicted octanol–water partition coefficient (Wildman–Crippen LogP) is 2.88. The molecular weight excluding hydrogens is 244 g/mol. The Morgan fingerprint density at radius 2 is 1.84 bits per heavy atom. The second-order valence-corrected chi connectivity index (χ2v) is 6.67. The normalized spacial score (nSPS) is 29.3. The Morgan fingerprint density at radius 1 is 1.32 bits per heavy atom. The number of carbonyl (C=O) groups is 2. The van der Waals surface area contributed by atoms with Crippen LogP contribution < -0.4 is 0 Å². The van der Waals surface area contributed by atoms with Crippen LogP contribution in [0.15, 0.2) is 12.2 Å². The third-order valence-corrected chi connectivity index (χ3v) is 4.41. The summed E-state index contributed by atoms with van der Waals surface area (Å²) < 4.78 is 4.83. The molecule has 0 heterocycles. The van der Waals surface area contributed by atoms with Gasteiger partial charge in [0, 0.05) is 12.0 Å². The standard InChI is InChI=1S/C15H24O4/c1-7-19-11(16)9-8-10-14(5,6)15(10,12(17)18)13(2,3)4/h8-10H,7H2,1-6H3,(H,17,18)/t10-,15+/m0/s1. The number of allylic oxidation sites excluding steroid dienone is 1. The van der Waals surface area contributed by atoms with E-state index in [1.165, 1.54) is 6.08 Å². The molecule has 1 N–H and O–H groups in total. The van der Waals surface area contributed by atoms with Gasteiger partial charge in [0.1, 0.15) is 0 Å².